The van der Waals surface area contributed by atoms with Crippen molar-refractivity contribution in [1.29, 1.82) is 0 Å². The molecule has 0 aliphatic carbocycles. The van der Waals surface area contributed by atoms with Gasteiger partial charge in [0, 0.05) is 18.7 Å². The van der Waals surface area contributed by atoms with Gasteiger partial charge in [0.1, 0.15) is 18.1 Å². The van der Waals surface area contributed by atoms with Crippen LogP contribution >= 0.6 is 0 Å². The highest BCUT2D eigenvalue weighted by molar-refractivity contribution is 6.22. The van der Waals surface area contributed by atoms with E-state index in [9.17, 15) is 14.4 Å². The Morgan fingerprint density at radius 1 is 1.10 bits per heavy atom. The van der Waals surface area contributed by atoms with Crippen molar-refractivity contribution in [3.8, 4) is 0 Å². The van der Waals surface area contributed by atoms with Crippen LogP contribution in [0.2, 0.25) is 0 Å². The van der Waals surface area contributed by atoms with E-state index in [1.807, 2.05) is 13.8 Å². The third-order valence-electron chi connectivity index (χ3n) is 6.01. The third-order valence-corrected chi connectivity index (χ3v) is 6.01. The first-order valence-corrected chi connectivity index (χ1v) is 10.4. The van der Waals surface area contributed by atoms with Crippen molar-refractivity contribution in [1.82, 2.24) is 15.1 Å². The number of piperidine rings is 1. The standard InChI is InChI=1S/C23H27N3O4/c1-15-11-18(16(2)30-15)13-25-9-7-17(8-10-25)12-24-21(27)14-26-22(28)19-5-3-4-6-20(19)23(26)29/h3-6,11,17H,7-10,12-14H2,1-2H3,(H,24,27). The van der Waals surface area contributed by atoms with Crippen molar-refractivity contribution in [2.24, 2.45) is 5.92 Å². The van der Waals surface area contributed by atoms with Gasteiger partial charge in [0.15, 0.2) is 0 Å². The first-order chi connectivity index (χ1) is 14.4. The molecule has 2 aliphatic heterocycles. The van der Waals surface area contributed by atoms with Crippen LogP contribution in [0.4, 0.5) is 0 Å². The number of aryl methyl sites for hydroxylation is 2. The van der Waals surface area contributed by atoms with Crippen LogP contribution in [-0.2, 0) is 11.3 Å². The molecule has 0 saturated carbocycles. The van der Waals surface area contributed by atoms with Crippen LogP contribution in [0.15, 0.2) is 34.7 Å². The molecule has 0 spiro atoms. The van der Waals surface area contributed by atoms with Gasteiger partial charge in [0.05, 0.1) is 11.1 Å². The quantitative estimate of drug-likeness (QED) is 0.742. The van der Waals surface area contributed by atoms with Crippen molar-refractivity contribution >= 4 is 17.7 Å². The normalized spacial score (nSPS) is 17.5. The summed E-state index contributed by atoms with van der Waals surface area (Å²) in [4.78, 5) is 40.5. The fourth-order valence-electron chi connectivity index (χ4n) is 4.27. The number of carbonyl (C=O) groups is 3. The molecule has 7 nitrogen and oxygen atoms in total. The number of likely N-dealkylation sites (tertiary alicyclic amines) is 1. The predicted octanol–water partition coefficient (Wildman–Crippen LogP) is 2.52. The Morgan fingerprint density at radius 2 is 1.73 bits per heavy atom. The lowest BCUT2D eigenvalue weighted by atomic mass is 9.96. The Kier molecular flexibility index (Phi) is 5.72. The second-order valence-electron chi connectivity index (χ2n) is 8.20. The van der Waals surface area contributed by atoms with Gasteiger partial charge in [-0.3, -0.25) is 24.2 Å². The van der Waals surface area contributed by atoms with Crippen LogP contribution in [0.25, 0.3) is 0 Å². The second kappa shape index (κ2) is 8.44. The van der Waals surface area contributed by atoms with Crippen molar-refractivity contribution in [3.05, 3.63) is 58.5 Å². The van der Waals surface area contributed by atoms with Gasteiger partial charge in [-0.05, 0) is 63.9 Å². The van der Waals surface area contributed by atoms with Crippen LogP contribution < -0.4 is 5.32 Å². The average molecular weight is 409 g/mol. The van der Waals surface area contributed by atoms with Crippen LogP contribution in [-0.4, -0.2) is 53.7 Å². The zero-order valence-corrected chi connectivity index (χ0v) is 17.4. The van der Waals surface area contributed by atoms with E-state index in [-0.39, 0.29) is 12.5 Å². The molecule has 1 N–H and O–H groups in total. The molecular weight excluding hydrogens is 382 g/mol. The Bertz CT molecular complexity index is 938. The zero-order chi connectivity index (χ0) is 21.3. The number of hydrogen-bond donors (Lipinski definition) is 1. The first-order valence-electron chi connectivity index (χ1n) is 10.4. The molecular formula is C23H27N3O4. The molecule has 0 atom stereocenters. The van der Waals surface area contributed by atoms with Crippen LogP contribution in [0.3, 0.4) is 0 Å². The number of rotatable bonds is 6. The average Bonchev–Trinajstić information content (AvgIpc) is 3.18. The lowest BCUT2D eigenvalue weighted by molar-refractivity contribution is -0.121. The monoisotopic (exact) mass is 409 g/mol. The molecule has 3 heterocycles. The van der Waals surface area contributed by atoms with E-state index in [1.165, 1.54) is 5.56 Å². The van der Waals surface area contributed by atoms with E-state index in [4.69, 9.17) is 4.42 Å². The van der Waals surface area contributed by atoms with Gasteiger partial charge < -0.3 is 9.73 Å². The summed E-state index contributed by atoms with van der Waals surface area (Å²) >= 11 is 0. The van der Waals surface area contributed by atoms with Crippen LogP contribution in [0.5, 0.6) is 0 Å². The number of imide groups is 1. The summed E-state index contributed by atoms with van der Waals surface area (Å²) < 4.78 is 5.61. The topological polar surface area (TPSA) is 82.9 Å². The molecule has 30 heavy (non-hydrogen) atoms. The number of benzene rings is 1. The molecule has 1 saturated heterocycles. The minimum Gasteiger partial charge on any atom is -0.466 e. The number of amides is 3. The van der Waals surface area contributed by atoms with Gasteiger partial charge >= 0.3 is 0 Å². The number of furan rings is 1. The van der Waals surface area contributed by atoms with E-state index >= 15 is 0 Å². The van der Waals surface area contributed by atoms with Crippen molar-refractivity contribution in [3.63, 3.8) is 0 Å². The number of carbonyl (C=O) groups excluding carboxylic acids is 3. The first kappa shape index (κ1) is 20.3. The van der Waals surface area contributed by atoms with Crippen molar-refractivity contribution in [2.75, 3.05) is 26.2 Å². The molecule has 2 aliphatic rings. The third kappa shape index (κ3) is 4.16. The summed E-state index contributed by atoms with van der Waals surface area (Å²) in [6.07, 6.45) is 2.01. The Labute approximate surface area is 176 Å². The van der Waals surface area contributed by atoms with E-state index in [0.29, 0.717) is 23.6 Å². The highest BCUT2D eigenvalue weighted by atomic mass is 16.3. The Balaban J connectivity index is 1.22. The Morgan fingerprint density at radius 3 is 2.30 bits per heavy atom. The van der Waals surface area contributed by atoms with Gasteiger partial charge in [-0.2, -0.15) is 0 Å². The molecule has 4 rings (SSSR count). The molecule has 7 heteroatoms. The molecule has 0 bridgehead atoms. The molecule has 0 radical (unpaired) electrons. The van der Waals surface area contributed by atoms with Crippen molar-refractivity contribution < 1.29 is 18.8 Å². The number of nitrogens with one attached hydrogen (secondary N) is 1. The number of hydrogen-bond acceptors (Lipinski definition) is 5. The Hall–Kier alpha value is -2.93. The van der Waals surface area contributed by atoms with E-state index in [2.05, 4.69) is 16.3 Å². The fourth-order valence-corrected chi connectivity index (χ4v) is 4.27. The largest absolute Gasteiger partial charge is 0.466 e. The maximum Gasteiger partial charge on any atom is 0.262 e. The fraction of sp³-hybridized carbons (Fsp3) is 0.435. The highest BCUT2D eigenvalue weighted by Gasteiger charge is 2.36. The second-order valence-corrected chi connectivity index (χ2v) is 8.20. The SMILES string of the molecule is Cc1cc(CN2CCC(CNC(=O)CN3C(=O)c4ccccc4C3=O)CC2)c(C)o1. The molecule has 0 unspecified atom stereocenters. The number of nitrogens with zero attached hydrogens (tertiary/aromatic N) is 2. The minimum atomic E-state index is -0.399. The van der Waals surface area contributed by atoms with E-state index in [1.54, 1.807) is 24.3 Å². The zero-order valence-electron chi connectivity index (χ0n) is 17.4. The maximum absolute atomic E-state index is 12.4. The van der Waals surface area contributed by atoms with E-state index in [0.717, 1.165) is 48.9 Å². The summed E-state index contributed by atoms with van der Waals surface area (Å²) in [6.45, 7) is 7.14. The molecule has 1 aromatic carbocycles. The lowest BCUT2D eigenvalue weighted by Crippen LogP contribution is -2.43. The highest BCUT2D eigenvalue weighted by Crippen LogP contribution is 2.23. The predicted molar refractivity (Wildman–Crippen MR) is 111 cm³/mol. The minimum absolute atomic E-state index is 0.232. The summed E-state index contributed by atoms with van der Waals surface area (Å²) in [5.74, 6) is 1.23. The summed E-state index contributed by atoms with van der Waals surface area (Å²) in [5, 5.41) is 2.91. The smallest absolute Gasteiger partial charge is 0.262 e. The lowest BCUT2D eigenvalue weighted by Gasteiger charge is -2.32. The summed E-state index contributed by atoms with van der Waals surface area (Å²) in [5.41, 5.74) is 1.97. The molecule has 158 valence electrons. The maximum atomic E-state index is 12.4. The summed E-state index contributed by atoms with van der Waals surface area (Å²) in [6, 6.07) is 8.77. The van der Waals surface area contributed by atoms with Gasteiger partial charge in [-0.1, -0.05) is 12.1 Å². The summed E-state index contributed by atoms with van der Waals surface area (Å²) in [7, 11) is 0. The molecule has 1 aromatic heterocycles. The molecule has 1 fully saturated rings. The van der Waals surface area contributed by atoms with Gasteiger partial charge in [-0.25, -0.2) is 0 Å². The molecule has 2 aromatic rings. The van der Waals surface area contributed by atoms with Crippen molar-refractivity contribution in [2.45, 2.75) is 33.2 Å². The van der Waals surface area contributed by atoms with Gasteiger partial charge in [0.2, 0.25) is 5.91 Å². The van der Waals surface area contributed by atoms with Crippen LogP contribution in [0.1, 0.15) is 50.6 Å². The van der Waals surface area contributed by atoms with E-state index < -0.39 is 11.8 Å². The van der Waals surface area contributed by atoms with Gasteiger partial charge in [0.25, 0.3) is 11.8 Å². The number of fused-ring (bicyclic) bond motifs is 1. The molecule has 3 amide bonds. The van der Waals surface area contributed by atoms with Crippen LogP contribution in [0, 0.1) is 19.8 Å². The van der Waals surface area contributed by atoms with Gasteiger partial charge in [-0.15, -0.1) is 0 Å².